The van der Waals surface area contributed by atoms with Crippen molar-refractivity contribution in [3.63, 3.8) is 0 Å². The van der Waals surface area contributed by atoms with Gasteiger partial charge >= 0.3 is 0 Å². The number of hydroxylamine groups is 1. The van der Waals surface area contributed by atoms with Crippen LogP contribution in [0.5, 0.6) is 5.75 Å². The lowest BCUT2D eigenvalue weighted by molar-refractivity contribution is -0.245. The number of carbonyl (C=O) groups is 2. The first-order chi connectivity index (χ1) is 24.4. The lowest BCUT2D eigenvalue weighted by Gasteiger charge is -2.36. The summed E-state index contributed by atoms with van der Waals surface area (Å²) in [5, 5.41) is 21.1. The summed E-state index contributed by atoms with van der Waals surface area (Å²) < 4.78 is 18.8. The van der Waals surface area contributed by atoms with E-state index in [9.17, 15) is 14.7 Å². The van der Waals surface area contributed by atoms with Crippen LogP contribution in [-0.2, 0) is 32.2 Å². The monoisotopic (exact) mass is 698 g/mol. The van der Waals surface area contributed by atoms with Crippen molar-refractivity contribution in [1.82, 2.24) is 10.8 Å². The number of nitrogens with one attached hydrogen (secondary N) is 2. The summed E-state index contributed by atoms with van der Waals surface area (Å²) in [6.45, 7) is 0.423. The van der Waals surface area contributed by atoms with Gasteiger partial charge in [-0.1, -0.05) is 85.6 Å². The maximum atomic E-state index is 12.5. The Morgan fingerprint density at radius 3 is 2.26 bits per heavy atom. The third-order valence-electron chi connectivity index (χ3n) is 8.70. The van der Waals surface area contributed by atoms with E-state index in [1.807, 2.05) is 66.7 Å². The first-order valence-corrected chi connectivity index (χ1v) is 18.1. The van der Waals surface area contributed by atoms with Crippen LogP contribution in [0.3, 0.4) is 0 Å². The van der Waals surface area contributed by atoms with Gasteiger partial charge in [-0.25, -0.2) is 5.48 Å². The fourth-order valence-electron chi connectivity index (χ4n) is 5.94. The number of aliphatic hydroxyl groups excluding tert-OH is 1. The molecule has 0 radical (unpaired) electrons. The number of ether oxygens (including phenoxy) is 3. The minimum Gasteiger partial charge on any atom is -0.496 e. The van der Waals surface area contributed by atoms with E-state index in [1.54, 1.807) is 24.4 Å². The molecule has 50 heavy (non-hydrogen) atoms. The van der Waals surface area contributed by atoms with Gasteiger partial charge in [-0.05, 0) is 64.9 Å². The zero-order chi connectivity index (χ0) is 35.1. The number of unbranched alkanes of at least 4 members (excludes halogenated alkanes) is 3. The SMILES string of the molecule is COc1ccccc1SC[C@@H]1C[C@H](c2ccc(CO)cc2)O[C@H](c2cccc(-c3cccc(CNC(=O)CCCCCCC(=O)NO)c3)c2)O1. The summed E-state index contributed by atoms with van der Waals surface area (Å²) in [5.74, 6) is 1.18. The molecule has 264 valence electrons. The van der Waals surface area contributed by atoms with E-state index >= 15 is 0 Å². The van der Waals surface area contributed by atoms with Crippen LogP contribution >= 0.6 is 11.8 Å². The van der Waals surface area contributed by atoms with Crippen molar-refractivity contribution in [2.24, 2.45) is 0 Å². The molecule has 0 aromatic heterocycles. The van der Waals surface area contributed by atoms with Crippen molar-refractivity contribution < 1.29 is 34.1 Å². The fourth-order valence-corrected chi connectivity index (χ4v) is 6.99. The molecule has 1 saturated heterocycles. The second kappa shape index (κ2) is 19.3. The Kier molecular flexibility index (Phi) is 14.3. The normalized spacial score (nSPS) is 17.2. The van der Waals surface area contributed by atoms with E-state index in [4.69, 9.17) is 19.4 Å². The zero-order valence-corrected chi connectivity index (χ0v) is 29.2. The summed E-state index contributed by atoms with van der Waals surface area (Å²) in [5.41, 5.74) is 7.50. The molecule has 0 bridgehead atoms. The number of amides is 2. The third-order valence-corrected chi connectivity index (χ3v) is 9.89. The number of aliphatic hydroxyl groups is 1. The number of hydrogen-bond donors (Lipinski definition) is 4. The molecule has 0 aliphatic carbocycles. The maximum absolute atomic E-state index is 12.5. The summed E-state index contributed by atoms with van der Waals surface area (Å²) in [6.07, 6.45) is 3.67. The van der Waals surface area contributed by atoms with E-state index in [0.717, 1.165) is 69.0 Å². The summed E-state index contributed by atoms with van der Waals surface area (Å²) in [6, 6.07) is 32.3. The minimum absolute atomic E-state index is 0.00363. The first-order valence-electron chi connectivity index (χ1n) is 17.1. The number of hydrogen-bond acceptors (Lipinski definition) is 8. The summed E-state index contributed by atoms with van der Waals surface area (Å²) in [7, 11) is 1.68. The predicted molar refractivity (Wildman–Crippen MR) is 193 cm³/mol. The molecule has 9 nitrogen and oxygen atoms in total. The second-order valence-electron chi connectivity index (χ2n) is 12.4. The van der Waals surface area contributed by atoms with Crippen LogP contribution in [0.25, 0.3) is 11.1 Å². The molecule has 1 heterocycles. The van der Waals surface area contributed by atoms with Crippen molar-refractivity contribution in [2.75, 3.05) is 12.9 Å². The van der Waals surface area contributed by atoms with Crippen LogP contribution < -0.4 is 15.5 Å². The van der Waals surface area contributed by atoms with Gasteiger partial charge < -0.3 is 24.6 Å². The van der Waals surface area contributed by atoms with Crippen molar-refractivity contribution >= 4 is 23.6 Å². The summed E-state index contributed by atoms with van der Waals surface area (Å²) >= 11 is 1.71. The van der Waals surface area contributed by atoms with Gasteiger partial charge in [0, 0.05) is 42.0 Å². The van der Waals surface area contributed by atoms with Crippen LogP contribution in [0.1, 0.15) is 79.6 Å². The average molecular weight is 699 g/mol. The van der Waals surface area contributed by atoms with E-state index in [1.165, 1.54) is 0 Å². The molecule has 4 aromatic carbocycles. The zero-order valence-electron chi connectivity index (χ0n) is 28.4. The average Bonchev–Trinajstić information content (AvgIpc) is 3.17. The number of thioether (sulfide) groups is 1. The Morgan fingerprint density at radius 1 is 0.800 bits per heavy atom. The number of carbonyl (C=O) groups excluding carboxylic acids is 2. The van der Waals surface area contributed by atoms with Crippen LogP contribution in [-0.4, -0.2) is 41.1 Å². The fraction of sp³-hybridized carbons (Fsp3) is 0.350. The third kappa shape index (κ3) is 10.9. The molecule has 1 aliphatic heterocycles. The molecule has 2 amide bonds. The molecule has 4 aromatic rings. The molecule has 0 saturated carbocycles. The number of benzene rings is 4. The standard InChI is InChI=1S/C40H46N2O7S/c1-47-35-14-6-7-15-37(35)50-27-34-24-36(30-20-18-28(26-43)19-21-30)49-40(48-34)33-13-9-12-32(23-33)31-11-8-10-29(22-31)25-41-38(44)16-4-2-3-5-17-39(45)42-46/h6-15,18-23,34,36,40,43,46H,2-5,16-17,24-27H2,1H3,(H,41,44)(H,42,45)/t34-,36+,40+/m0/s1. The maximum Gasteiger partial charge on any atom is 0.243 e. The topological polar surface area (TPSA) is 126 Å². The Hall–Kier alpha value is -4.19. The quantitative estimate of drug-likeness (QED) is 0.0384. The molecular formula is C40H46N2O7S. The Bertz CT molecular complexity index is 1680. The predicted octanol–water partition coefficient (Wildman–Crippen LogP) is 7.65. The lowest BCUT2D eigenvalue weighted by atomic mass is 9.99. The van der Waals surface area contributed by atoms with Crippen molar-refractivity contribution in [3.05, 3.63) is 119 Å². The lowest BCUT2D eigenvalue weighted by Crippen LogP contribution is -2.31. The largest absolute Gasteiger partial charge is 0.496 e. The van der Waals surface area contributed by atoms with Gasteiger partial charge in [-0.2, -0.15) is 0 Å². The van der Waals surface area contributed by atoms with E-state index < -0.39 is 6.29 Å². The van der Waals surface area contributed by atoms with Gasteiger partial charge in [-0.3, -0.25) is 14.8 Å². The van der Waals surface area contributed by atoms with Crippen molar-refractivity contribution in [2.45, 2.75) is 81.5 Å². The highest BCUT2D eigenvalue weighted by Crippen LogP contribution is 2.41. The molecule has 10 heteroatoms. The van der Waals surface area contributed by atoms with Crippen LogP contribution in [0.4, 0.5) is 0 Å². The highest BCUT2D eigenvalue weighted by Gasteiger charge is 2.32. The van der Waals surface area contributed by atoms with Crippen LogP contribution in [0.2, 0.25) is 0 Å². The molecular weight excluding hydrogens is 653 g/mol. The number of rotatable bonds is 17. The molecule has 3 atom stereocenters. The number of methoxy groups -OCH3 is 1. The summed E-state index contributed by atoms with van der Waals surface area (Å²) in [4.78, 5) is 24.6. The molecule has 1 fully saturated rings. The smallest absolute Gasteiger partial charge is 0.243 e. The van der Waals surface area contributed by atoms with Crippen LogP contribution in [0, 0.1) is 0 Å². The van der Waals surface area contributed by atoms with Gasteiger partial charge in [0.05, 0.1) is 25.9 Å². The van der Waals surface area contributed by atoms with Crippen molar-refractivity contribution in [3.8, 4) is 16.9 Å². The van der Waals surface area contributed by atoms with Gasteiger partial charge in [0.1, 0.15) is 5.75 Å². The molecule has 5 rings (SSSR count). The highest BCUT2D eigenvalue weighted by atomic mass is 32.2. The minimum atomic E-state index is -0.580. The van der Waals surface area contributed by atoms with Gasteiger partial charge in [0.15, 0.2) is 6.29 Å². The van der Waals surface area contributed by atoms with E-state index in [2.05, 4.69) is 35.6 Å². The molecule has 0 unspecified atom stereocenters. The van der Waals surface area contributed by atoms with Crippen molar-refractivity contribution in [1.29, 1.82) is 0 Å². The van der Waals surface area contributed by atoms with Crippen LogP contribution in [0.15, 0.2) is 102 Å². The second-order valence-corrected chi connectivity index (χ2v) is 13.4. The molecule has 0 spiro atoms. The molecule has 4 N–H and O–H groups in total. The van der Waals surface area contributed by atoms with E-state index in [0.29, 0.717) is 25.8 Å². The van der Waals surface area contributed by atoms with Gasteiger partial charge in [-0.15, -0.1) is 11.8 Å². The van der Waals surface area contributed by atoms with E-state index in [-0.39, 0.29) is 37.0 Å². The highest BCUT2D eigenvalue weighted by molar-refractivity contribution is 7.99. The Morgan fingerprint density at radius 2 is 1.52 bits per heavy atom. The van der Waals surface area contributed by atoms with Gasteiger partial charge in [0.25, 0.3) is 0 Å². The van der Waals surface area contributed by atoms with Gasteiger partial charge in [0.2, 0.25) is 11.8 Å². The Balaban J connectivity index is 1.23. The number of para-hydroxylation sites is 1. The Labute approximate surface area is 298 Å². The molecule has 1 aliphatic rings. The first kappa shape index (κ1) is 37.1.